The fourth-order valence-electron chi connectivity index (χ4n) is 0.0659. The van der Waals surface area contributed by atoms with Crippen molar-refractivity contribution in [3.63, 3.8) is 0 Å². The third kappa shape index (κ3) is 11.2. The minimum Gasteiger partial charge on any atom is -0.478 e. The first-order valence-corrected chi connectivity index (χ1v) is 2.79. The molecule has 0 atom stereocenters. The summed E-state index contributed by atoms with van der Waals surface area (Å²) < 4.78 is 10.7. The van der Waals surface area contributed by atoms with Gasteiger partial charge in [0.15, 0.2) is 0 Å². The summed E-state index contributed by atoms with van der Waals surface area (Å²) in [4.78, 5) is 21.8. The summed E-state index contributed by atoms with van der Waals surface area (Å²) in [7, 11) is 0. The van der Waals surface area contributed by atoms with E-state index in [1.54, 1.807) is 0 Å². The van der Waals surface area contributed by atoms with E-state index < -0.39 is 11.9 Å². The smallest absolute Gasteiger partial charge is 0.374 e. The van der Waals surface area contributed by atoms with E-state index in [4.69, 9.17) is 5.11 Å². The molecule has 12 heavy (non-hydrogen) atoms. The zero-order chi connectivity index (χ0) is 10.1. The SMILES string of the molecule is C=C(C)C(=O)OF.C=CC(=O)O. The Morgan fingerprint density at radius 2 is 1.92 bits per heavy atom. The molecule has 0 fully saturated rings. The number of hydrogen-bond acceptors (Lipinski definition) is 3. The van der Waals surface area contributed by atoms with Crippen molar-refractivity contribution in [2.24, 2.45) is 0 Å². The molecule has 1 N–H and O–H groups in total. The molecule has 68 valence electrons. The standard InChI is InChI=1S/C4H5FO2.C3H4O2/c1-3(2)4(6)7-5;1-2-3(4)5/h1H2,2H3;2H,1H2,(H,4,5). The van der Waals surface area contributed by atoms with Crippen LogP contribution in [-0.4, -0.2) is 17.0 Å². The molecule has 0 amide bonds. The third-order valence-corrected chi connectivity index (χ3v) is 0.593. The molecule has 0 heterocycles. The molecule has 0 aromatic heterocycles. The van der Waals surface area contributed by atoms with Crippen molar-refractivity contribution in [3.05, 3.63) is 24.8 Å². The molecule has 0 aromatic carbocycles. The normalized spacial score (nSPS) is 7.17. The van der Waals surface area contributed by atoms with Gasteiger partial charge in [0.1, 0.15) is 0 Å². The zero-order valence-corrected chi connectivity index (χ0v) is 6.54. The Bertz CT molecular complexity index is 198. The number of carboxylic acids is 1. The van der Waals surface area contributed by atoms with Gasteiger partial charge in [0.05, 0.1) is 0 Å². The number of aliphatic carboxylic acids is 1. The second kappa shape index (κ2) is 7.46. The molecule has 0 saturated carbocycles. The zero-order valence-electron chi connectivity index (χ0n) is 6.54. The van der Waals surface area contributed by atoms with Crippen molar-refractivity contribution in [3.8, 4) is 0 Å². The summed E-state index contributed by atoms with van der Waals surface area (Å²) in [6.45, 7) is 7.44. The molecule has 4 nitrogen and oxygen atoms in total. The summed E-state index contributed by atoms with van der Waals surface area (Å²) in [6.07, 6.45) is 0.833. The van der Waals surface area contributed by atoms with E-state index in [0.717, 1.165) is 6.08 Å². The molecular weight excluding hydrogens is 167 g/mol. The molecule has 0 aromatic rings. The highest BCUT2D eigenvalue weighted by molar-refractivity contribution is 5.86. The van der Waals surface area contributed by atoms with Gasteiger partial charge in [0, 0.05) is 16.2 Å². The highest BCUT2D eigenvalue weighted by atomic mass is 19.3. The Morgan fingerprint density at radius 3 is 1.92 bits per heavy atom. The van der Waals surface area contributed by atoms with Gasteiger partial charge in [-0.2, -0.15) is 0 Å². The van der Waals surface area contributed by atoms with E-state index in [0.29, 0.717) is 0 Å². The van der Waals surface area contributed by atoms with E-state index in [9.17, 15) is 14.1 Å². The van der Waals surface area contributed by atoms with Crippen LogP contribution in [0.5, 0.6) is 0 Å². The van der Waals surface area contributed by atoms with Crippen LogP contribution in [0.15, 0.2) is 24.8 Å². The summed E-state index contributed by atoms with van der Waals surface area (Å²) in [5, 5.41) is 7.60. The van der Waals surface area contributed by atoms with Gasteiger partial charge in [-0.25, -0.2) is 14.5 Å². The quantitative estimate of drug-likeness (QED) is 0.643. The molecule has 0 aliphatic carbocycles. The maximum atomic E-state index is 10.7. The molecule has 0 spiro atoms. The maximum absolute atomic E-state index is 10.7. The largest absolute Gasteiger partial charge is 0.478 e. The predicted octanol–water partition coefficient (Wildman–Crippen LogP) is 1.25. The van der Waals surface area contributed by atoms with Crippen LogP contribution < -0.4 is 0 Å². The second-order valence-electron chi connectivity index (χ2n) is 1.69. The van der Waals surface area contributed by atoms with E-state index in [1.807, 2.05) is 0 Å². The Labute approximate surface area is 68.9 Å². The molecule has 0 rings (SSSR count). The Hall–Kier alpha value is -1.65. The van der Waals surface area contributed by atoms with Gasteiger partial charge in [0.25, 0.3) is 0 Å². The highest BCUT2D eigenvalue weighted by Crippen LogP contribution is 1.89. The number of hydrogen-bond donors (Lipinski definition) is 1. The monoisotopic (exact) mass is 176 g/mol. The van der Waals surface area contributed by atoms with Crippen molar-refractivity contribution in [2.45, 2.75) is 6.92 Å². The van der Waals surface area contributed by atoms with Crippen LogP contribution in [0.25, 0.3) is 0 Å². The summed E-state index contributed by atoms with van der Waals surface area (Å²) in [5.41, 5.74) is 0.0579. The average molecular weight is 176 g/mol. The lowest BCUT2D eigenvalue weighted by atomic mass is 10.4. The van der Waals surface area contributed by atoms with E-state index in [2.05, 4.69) is 18.1 Å². The number of carbonyl (C=O) groups is 2. The Morgan fingerprint density at radius 1 is 1.58 bits per heavy atom. The van der Waals surface area contributed by atoms with Crippen LogP contribution in [-0.2, 0) is 14.5 Å². The van der Waals surface area contributed by atoms with E-state index >= 15 is 0 Å². The summed E-state index contributed by atoms with van der Waals surface area (Å²) in [5.74, 6) is -2.00. The lowest BCUT2D eigenvalue weighted by Crippen LogP contribution is -1.95. The summed E-state index contributed by atoms with van der Waals surface area (Å²) >= 11 is 0. The van der Waals surface area contributed by atoms with Crippen LogP contribution in [0.3, 0.4) is 0 Å². The van der Waals surface area contributed by atoms with Crippen molar-refractivity contribution in [1.82, 2.24) is 0 Å². The summed E-state index contributed by atoms with van der Waals surface area (Å²) in [6, 6.07) is 0. The van der Waals surface area contributed by atoms with Crippen molar-refractivity contribution in [2.75, 3.05) is 0 Å². The third-order valence-electron chi connectivity index (χ3n) is 0.593. The van der Waals surface area contributed by atoms with E-state index in [1.165, 1.54) is 6.92 Å². The van der Waals surface area contributed by atoms with Crippen LogP contribution >= 0.6 is 0 Å². The van der Waals surface area contributed by atoms with Gasteiger partial charge < -0.3 is 5.11 Å². The first-order valence-electron chi connectivity index (χ1n) is 2.79. The molecule has 5 heteroatoms. The van der Waals surface area contributed by atoms with Gasteiger partial charge in [-0.15, -0.1) is 0 Å². The predicted molar refractivity (Wildman–Crippen MR) is 39.8 cm³/mol. The lowest BCUT2D eigenvalue weighted by Gasteiger charge is -1.84. The molecule has 0 unspecified atom stereocenters. The number of rotatable bonds is 2. The first kappa shape index (κ1) is 13.0. The fourth-order valence-corrected chi connectivity index (χ4v) is 0.0659. The van der Waals surface area contributed by atoms with Crippen LogP contribution in [0, 0.1) is 0 Å². The van der Waals surface area contributed by atoms with Crippen molar-refractivity contribution < 1.29 is 24.2 Å². The van der Waals surface area contributed by atoms with Crippen molar-refractivity contribution >= 4 is 11.9 Å². The Balaban J connectivity index is 0. The van der Waals surface area contributed by atoms with E-state index in [-0.39, 0.29) is 5.57 Å². The van der Waals surface area contributed by atoms with Gasteiger partial charge >= 0.3 is 11.9 Å². The molecule has 0 aliphatic heterocycles. The number of halogens is 1. The molecule has 0 aliphatic rings. The van der Waals surface area contributed by atoms with Crippen LogP contribution in [0.4, 0.5) is 4.53 Å². The lowest BCUT2D eigenvalue weighted by molar-refractivity contribution is -0.178. The van der Waals surface area contributed by atoms with Gasteiger partial charge in [0.2, 0.25) is 0 Å². The van der Waals surface area contributed by atoms with Gasteiger partial charge in [-0.3, -0.25) is 0 Å². The highest BCUT2D eigenvalue weighted by Gasteiger charge is 1.99. The molecule has 0 saturated heterocycles. The minimum atomic E-state index is -1.01. The van der Waals surface area contributed by atoms with Crippen LogP contribution in [0.1, 0.15) is 6.92 Å². The maximum Gasteiger partial charge on any atom is 0.374 e. The molecular formula is C7H9FO4. The number of carbonyl (C=O) groups excluding carboxylic acids is 1. The second-order valence-corrected chi connectivity index (χ2v) is 1.69. The van der Waals surface area contributed by atoms with Crippen LogP contribution in [0.2, 0.25) is 0 Å². The molecule has 0 radical (unpaired) electrons. The van der Waals surface area contributed by atoms with Gasteiger partial charge in [-0.1, -0.05) is 13.2 Å². The fraction of sp³-hybridized carbons (Fsp3) is 0.143. The minimum absolute atomic E-state index is 0.0579. The average Bonchev–Trinajstić information content (AvgIpc) is 2.04. The first-order chi connectivity index (χ1) is 5.45. The van der Waals surface area contributed by atoms with Crippen molar-refractivity contribution in [1.29, 1.82) is 0 Å². The topological polar surface area (TPSA) is 63.6 Å². The Kier molecular flexibility index (Phi) is 8.06. The van der Waals surface area contributed by atoms with Gasteiger partial charge in [-0.05, 0) is 6.92 Å². The number of carboxylic acid groups (broad SMARTS) is 1. The molecule has 0 bridgehead atoms.